The topological polar surface area (TPSA) is 59.9 Å². The van der Waals surface area contributed by atoms with Crippen LogP contribution >= 0.6 is 0 Å². The van der Waals surface area contributed by atoms with E-state index < -0.39 is 0 Å². The van der Waals surface area contributed by atoms with E-state index in [1.807, 2.05) is 12.1 Å². The van der Waals surface area contributed by atoms with Gasteiger partial charge in [-0.15, -0.1) is 0 Å². The number of nitrogens with one attached hydrogen (secondary N) is 1. The van der Waals surface area contributed by atoms with Crippen LogP contribution in [0.15, 0.2) is 29.4 Å². The Labute approximate surface area is 126 Å². The van der Waals surface area contributed by atoms with Crippen LogP contribution in [0.2, 0.25) is 0 Å². The molecule has 21 heavy (non-hydrogen) atoms. The molecule has 116 valence electrons. The Bertz CT molecular complexity index is 464. The van der Waals surface area contributed by atoms with E-state index in [9.17, 15) is 4.79 Å². The molecular formula is C16H24N2O3. The number of hydrogen-bond acceptors (Lipinski definition) is 4. The average Bonchev–Trinajstić information content (AvgIpc) is 2.51. The molecule has 0 aliphatic carbocycles. The molecule has 0 spiro atoms. The molecule has 5 nitrogen and oxygen atoms in total. The maximum absolute atomic E-state index is 11.7. The molecule has 1 amide bonds. The molecule has 0 saturated carbocycles. The van der Waals surface area contributed by atoms with Gasteiger partial charge >= 0.3 is 0 Å². The number of methoxy groups -OCH3 is 1. The van der Waals surface area contributed by atoms with Crippen LogP contribution in [0.5, 0.6) is 11.5 Å². The highest BCUT2D eigenvalue weighted by molar-refractivity contribution is 5.86. The number of nitrogens with zero attached hydrogens (tertiary/aromatic N) is 1. The molecule has 1 aromatic rings. The van der Waals surface area contributed by atoms with E-state index in [1.54, 1.807) is 19.2 Å². The van der Waals surface area contributed by atoms with Gasteiger partial charge in [0.15, 0.2) is 18.1 Å². The molecule has 1 N–H and O–H groups in total. The van der Waals surface area contributed by atoms with Gasteiger partial charge in [-0.25, -0.2) is 5.43 Å². The fourth-order valence-electron chi connectivity index (χ4n) is 1.87. The van der Waals surface area contributed by atoms with Crippen LogP contribution in [0.3, 0.4) is 0 Å². The molecule has 0 aliphatic rings. The third-order valence-corrected chi connectivity index (χ3v) is 2.84. The summed E-state index contributed by atoms with van der Waals surface area (Å²) >= 11 is 0. The molecule has 0 saturated heterocycles. The minimum Gasteiger partial charge on any atom is -0.493 e. The first-order chi connectivity index (χ1) is 10.2. The average molecular weight is 292 g/mol. The SMILES string of the molecule is CCCC(CCC)=NNC(=O)COc1ccccc1OC. The molecule has 1 rings (SSSR count). The lowest BCUT2D eigenvalue weighted by molar-refractivity contribution is -0.123. The summed E-state index contributed by atoms with van der Waals surface area (Å²) in [6.07, 6.45) is 3.85. The van der Waals surface area contributed by atoms with Crippen molar-refractivity contribution in [3.8, 4) is 11.5 Å². The molecule has 0 radical (unpaired) electrons. The molecule has 0 aliphatic heterocycles. The van der Waals surface area contributed by atoms with E-state index in [4.69, 9.17) is 9.47 Å². The van der Waals surface area contributed by atoms with Gasteiger partial charge in [0.2, 0.25) is 0 Å². The Morgan fingerprint density at radius 1 is 1.14 bits per heavy atom. The van der Waals surface area contributed by atoms with E-state index >= 15 is 0 Å². The summed E-state index contributed by atoms with van der Waals surface area (Å²) in [5.41, 5.74) is 3.56. The summed E-state index contributed by atoms with van der Waals surface area (Å²) < 4.78 is 10.6. The summed E-state index contributed by atoms with van der Waals surface area (Å²) in [5.74, 6) is 0.874. The smallest absolute Gasteiger partial charge is 0.277 e. The second-order valence-electron chi connectivity index (χ2n) is 4.65. The number of carbonyl (C=O) groups is 1. The second kappa shape index (κ2) is 9.80. The fourth-order valence-corrected chi connectivity index (χ4v) is 1.87. The maximum Gasteiger partial charge on any atom is 0.277 e. The van der Waals surface area contributed by atoms with Crippen LogP contribution < -0.4 is 14.9 Å². The van der Waals surface area contributed by atoms with E-state index in [-0.39, 0.29) is 12.5 Å². The standard InChI is InChI=1S/C16H24N2O3/c1-4-8-13(9-5-2)17-18-16(19)12-21-15-11-7-6-10-14(15)20-3/h6-7,10-11H,4-5,8-9,12H2,1-3H3,(H,18,19). The molecule has 0 bridgehead atoms. The lowest BCUT2D eigenvalue weighted by atomic mass is 10.1. The number of ether oxygens (including phenoxy) is 2. The molecule has 0 aromatic heterocycles. The summed E-state index contributed by atoms with van der Waals surface area (Å²) in [5, 5.41) is 4.16. The Morgan fingerprint density at radius 2 is 1.76 bits per heavy atom. The molecule has 0 atom stereocenters. The number of carbonyl (C=O) groups excluding carboxylic acids is 1. The van der Waals surface area contributed by atoms with Gasteiger partial charge in [-0.2, -0.15) is 5.10 Å². The molecule has 0 fully saturated rings. The Hall–Kier alpha value is -2.04. The van der Waals surface area contributed by atoms with E-state index in [2.05, 4.69) is 24.4 Å². The quantitative estimate of drug-likeness (QED) is 0.562. The van der Waals surface area contributed by atoms with Gasteiger partial charge in [0.1, 0.15) is 0 Å². The van der Waals surface area contributed by atoms with Gasteiger partial charge in [-0.05, 0) is 25.0 Å². The van der Waals surface area contributed by atoms with Crippen molar-refractivity contribution in [2.24, 2.45) is 5.10 Å². The number of hydrazone groups is 1. The molecule has 1 aromatic carbocycles. The normalized spacial score (nSPS) is 9.86. The number of benzene rings is 1. The van der Waals surface area contributed by atoms with Crippen LogP contribution in [0.25, 0.3) is 0 Å². The highest BCUT2D eigenvalue weighted by atomic mass is 16.5. The van der Waals surface area contributed by atoms with Crippen LogP contribution in [-0.2, 0) is 4.79 Å². The fraction of sp³-hybridized carbons (Fsp3) is 0.500. The largest absolute Gasteiger partial charge is 0.493 e. The lowest BCUT2D eigenvalue weighted by Gasteiger charge is -2.09. The first-order valence-electron chi connectivity index (χ1n) is 7.31. The van der Waals surface area contributed by atoms with Crippen LogP contribution in [0.4, 0.5) is 0 Å². The van der Waals surface area contributed by atoms with Gasteiger partial charge < -0.3 is 9.47 Å². The number of para-hydroxylation sites is 2. The van der Waals surface area contributed by atoms with Crippen molar-refractivity contribution in [1.29, 1.82) is 0 Å². The molecule has 0 heterocycles. The minimum absolute atomic E-state index is 0.0879. The number of rotatable bonds is 9. The van der Waals surface area contributed by atoms with E-state index in [0.717, 1.165) is 31.4 Å². The van der Waals surface area contributed by atoms with Crippen molar-refractivity contribution in [2.45, 2.75) is 39.5 Å². The third-order valence-electron chi connectivity index (χ3n) is 2.84. The summed E-state index contributed by atoms with van der Waals surface area (Å²) in [6, 6.07) is 7.22. The van der Waals surface area contributed by atoms with Gasteiger partial charge in [0.05, 0.1) is 7.11 Å². The zero-order valence-electron chi connectivity index (χ0n) is 13.0. The first-order valence-corrected chi connectivity index (χ1v) is 7.31. The van der Waals surface area contributed by atoms with Crippen molar-refractivity contribution in [3.05, 3.63) is 24.3 Å². The van der Waals surface area contributed by atoms with Gasteiger partial charge in [-0.1, -0.05) is 38.8 Å². The summed E-state index contributed by atoms with van der Waals surface area (Å²) in [4.78, 5) is 11.7. The predicted octanol–water partition coefficient (Wildman–Crippen LogP) is 3.15. The summed E-state index contributed by atoms with van der Waals surface area (Å²) in [6.45, 7) is 4.10. The highest BCUT2D eigenvalue weighted by Gasteiger charge is 2.06. The van der Waals surface area contributed by atoms with Gasteiger partial charge in [0, 0.05) is 5.71 Å². The Balaban J connectivity index is 2.48. The third kappa shape index (κ3) is 6.29. The van der Waals surface area contributed by atoms with Crippen LogP contribution in [0.1, 0.15) is 39.5 Å². The minimum atomic E-state index is -0.273. The van der Waals surface area contributed by atoms with Gasteiger partial charge in [0.25, 0.3) is 5.91 Å². The van der Waals surface area contributed by atoms with E-state index in [0.29, 0.717) is 11.5 Å². The summed E-state index contributed by atoms with van der Waals surface area (Å²) in [7, 11) is 1.56. The Kier molecular flexibility index (Phi) is 7.94. The number of amides is 1. The monoisotopic (exact) mass is 292 g/mol. The van der Waals surface area contributed by atoms with Crippen molar-refractivity contribution in [3.63, 3.8) is 0 Å². The number of hydrogen-bond donors (Lipinski definition) is 1. The van der Waals surface area contributed by atoms with E-state index in [1.165, 1.54) is 0 Å². The predicted molar refractivity (Wildman–Crippen MR) is 83.9 cm³/mol. The van der Waals surface area contributed by atoms with Crippen LogP contribution in [0, 0.1) is 0 Å². The van der Waals surface area contributed by atoms with Crippen LogP contribution in [-0.4, -0.2) is 25.3 Å². The van der Waals surface area contributed by atoms with Crippen molar-refractivity contribution in [1.82, 2.24) is 5.43 Å². The molecular weight excluding hydrogens is 268 g/mol. The van der Waals surface area contributed by atoms with Crippen molar-refractivity contribution in [2.75, 3.05) is 13.7 Å². The maximum atomic E-state index is 11.7. The zero-order chi connectivity index (χ0) is 15.5. The first kappa shape index (κ1) is 17.0. The second-order valence-corrected chi connectivity index (χ2v) is 4.65. The zero-order valence-corrected chi connectivity index (χ0v) is 13.0. The van der Waals surface area contributed by atoms with Crippen molar-refractivity contribution >= 4 is 11.6 Å². The highest BCUT2D eigenvalue weighted by Crippen LogP contribution is 2.25. The molecule has 0 unspecified atom stereocenters. The van der Waals surface area contributed by atoms with Gasteiger partial charge in [-0.3, -0.25) is 4.79 Å². The van der Waals surface area contributed by atoms with Crippen molar-refractivity contribution < 1.29 is 14.3 Å². The lowest BCUT2D eigenvalue weighted by Crippen LogP contribution is -2.26. The Morgan fingerprint density at radius 3 is 2.33 bits per heavy atom. The molecule has 5 heteroatoms.